The van der Waals surface area contributed by atoms with Crippen molar-refractivity contribution in [3.05, 3.63) is 77.4 Å². The third kappa shape index (κ3) is 3.83. The van der Waals surface area contributed by atoms with Crippen LogP contribution in [0.2, 0.25) is 0 Å². The summed E-state index contributed by atoms with van der Waals surface area (Å²) in [7, 11) is 0. The van der Waals surface area contributed by atoms with E-state index in [4.69, 9.17) is 0 Å². The van der Waals surface area contributed by atoms with Gasteiger partial charge in [0.05, 0.1) is 12.2 Å². The average molecular weight is 412 g/mol. The Morgan fingerprint density at radius 1 is 0.903 bits per heavy atom. The molecule has 3 aromatic rings. The van der Waals surface area contributed by atoms with Crippen molar-refractivity contribution in [2.24, 2.45) is 5.10 Å². The Labute approximate surface area is 181 Å². The quantitative estimate of drug-likeness (QED) is 0.459. The monoisotopic (exact) mass is 411 g/mol. The van der Waals surface area contributed by atoms with Crippen LogP contribution in [0.4, 0.5) is 5.69 Å². The fourth-order valence-corrected chi connectivity index (χ4v) is 4.52. The number of nitrogens with one attached hydrogen (secondary N) is 1. The smallest absolute Gasteiger partial charge is 0.271 e. The number of anilines is 1. The first-order valence-corrected chi connectivity index (χ1v) is 11.0. The Morgan fingerprint density at radius 2 is 1.61 bits per heavy atom. The molecule has 0 atom stereocenters. The molecule has 156 valence electrons. The number of rotatable bonds is 4. The van der Waals surface area contributed by atoms with Crippen molar-refractivity contribution >= 4 is 34.0 Å². The first-order valence-electron chi connectivity index (χ1n) is 11.0. The van der Waals surface area contributed by atoms with Gasteiger partial charge in [-0.15, -0.1) is 0 Å². The van der Waals surface area contributed by atoms with Gasteiger partial charge in [-0.2, -0.15) is 5.10 Å². The van der Waals surface area contributed by atoms with Crippen molar-refractivity contribution in [1.29, 1.82) is 0 Å². The van der Waals surface area contributed by atoms with Crippen molar-refractivity contribution in [2.75, 3.05) is 4.90 Å². The predicted molar refractivity (Wildman–Crippen MR) is 124 cm³/mol. The maximum absolute atomic E-state index is 13.0. The van der Waals surface area contributed by atoms with Gasteiger partial charge in [-0.1, -0.05) is 49.2 Å². The topological polar surface area (TPSA) is 61.8 Å². The lowest BCUT2D eigenvalue weighted by Crippen LogP contribution is -2.26. The van der Waals surface area contributed by atoms with Gasteiger partial charge in [0.2, 0.25) is 0 Å². The summed E-state index contributed by atoms with van der Waals surface area (Å²) < 4.78 is 0. The van der Waals surface area contributed by atoms with Gasteiger partial charge < -0.3 is 4.90 Å². The summed E-state index contributed by atoms with van der Waals surface area (Å²) in [6.45, 7) is 0.469. The molecule has 5 rings (SSSR count). The summed E-state index contributed by atoms with van der Waals surface area (Å²) in [5, 5.41) is 6.44. The van der Waals surface area contributed by atoms with E-state index in [0.29, 0.717) is 12.1 Å². The van der Waals surface area contributed by atoms with E-state index in [2.05, 4.69) is 10.5 Å². The van der Waals surface area contributed by atoms with Crippen LogP contribution in [0.15, 0.2) is 65.8 Å². The molecule has 1 aliphatic heterocycles. The van der Waals surface area contributed by atoms with Gasteiger partial charge in [-0.3, -0.25) is 9.59 Å². The second-order valence-electron chi connectivity index (χ2n) is 8.30. The van der Waals surface area contributed by atoms with Crippen LogP contribution in [-0.4, -0.2) is 17.5 Å². The Balaban J connectivity index is 1.29. The minimum atomic E-state index is -0.197. The van der Waals surface area contributed by atoms with Crippen LogP contribution in [0.3, 0.4) is 0 Å². The lowest BCUT2D eigenvalue weighted by Gasteiger charge is -2.18. The Hall–Kier alpha value is -3.47. The summed E-state index contributed by atoms with van der Waals surface area (Å²) >= 11 is 0. The number of carbonyl (C=O) groups excluding carboxylic acids is 2. The van der Waals surface area contributed by atoms with E-state index in [0.717, 1.165) is 59.0 Å². The Morgan fingerprint density at radius 3 is 2.35 bits per heavy atom. The van der Waals surface area contributed by atoms with E-state index in [1.165, 1.54) is 12.8 Å². The lowest BCUT2D eigenvalue weighted by molar-refractivity contribution is 0.0952. The molecule has 5 heteroatoms. The number of benzene rings is 3. The molecular weight excluding hydrogens is 386 g/mol. The molecule has 3 aromatic carbocycles. The average Bonchev–Trinajstić information content (AvgIpc) is 2.97. The third-order valence-corrected chi connectivity index (χ3v) is 6.20. The molecule has 1 saturated carbocycles. The Bertz CT molecular complexity index is 1170. The van der Waals surface area contributed by atoms with Crippen molar-refractivity contribution in [3.63, 3.8) is 0 Å². The second kappa shape index (κ2) is 8.34. The summed E-state index contributed by atoms with van der Waals surface area (Å²) in [6, 6.07) is 19.3. The lowest BCUT2D eigenvalue weighted by atomic mass is 10.1. The molecule has 1 fully saturated rings. The van der Waals surface area contributed by atoms with Gasteiger partial charge in [-0.25, -0.2) is 5.43 Å². The van der Waals surface area contributed by atoms with Crippen LogP contribution in [-0.2, 0) is 6.54 Å². The highest BCUT2D eigenvalue weighted by molar-refractivity contribution is 6.24. The van der Waals surface area contributed by atoms with E-state index in [-0.39, 0.29) is 11.8 Å². The fourth-order valence-electron chi connectivity index (χ4n) is 4.52. The molecule has 2 aliphatic rings. The number of hydrazone groups is 1. The molecular formula is C26H25N3O2. The van der Waals surface area contributed by atoms with Crippen LogP contribution < -0.4 is 10.3 Å². The molecule has 1 N–H and O–H groups in total. The molecule has 0 aromatic heterocycles. The van der Waals surface area contributed by atoms with Gasteiger partial charge in [0, 0.05) is 22.2 Å². The highest BCUT2D eigenvalue weighted by Gasteiger charge is 2.29. The minimum absolute atomic E-state index is 0.0212. The highest BCUT2D eigenvalue weighted by atomic mass is 16.2. The number of hydrogen-bond donors (Lipinski definition) is 1. The summed E-state index contributed by atoms with van der Waals surface area (Å²) in [5.74, 6) is -0.175. The summed E-state index contributed by atoms with van der Waals surface area (Å²) in [4.78, 5) is 27.2. The van der Waals surface area contributed by atoms with Gasteiger partial charge in [-0.05, 0) is 60.9 Å². The predicted octanol–water partition coefficient (Wildman–Crippen LogP) is 5.44. The molecule has 0 radical (unpaired) electrons. The van der Waals surface area contributed by atoms with Gasteiger partial charge in [0.15, 0.2) is 0 Å². The van der Waals surface area contributed by atoms with Gasteiger partial charge in [0.1, 0.15) is 0 Å². The molecule has 2 amide bonds. The van der Waals surface area contributed by atoms with E-state index in [9.17, 15) is 9.59 Å². The van der Waals surface area contributed by atoms with E-state index < -0.39 is 0 Å². The molecule has 1 heterocycles. The number of carbonyl (C=O) groups is 2. The molecule has 0 unspecified atom stereocenters. The largest absolute Gasteiger partial charge is 0.303 e. The third-order valence-electron chi connectivity index (χ3n) is 6.20. The van der Waals surface area contributed by atoms with Crippen LogP contribution in [0, 0.1) is 0 Å². The van der Waals surface area contributed by atoms with Crippen LogP contribution >= 0.6 is 0 Å². The summed E-state index contributed by atoms with van der Waals surface area (Å²) in [6.07, 6.45) is 6.73. The molecule has 5 nitrogen and oxygen atoms in total. The molecule has 0 spiro atoms. The maximum Gasteiger partial charge on any atom is 0.271 e. The number of nitrogens with zero attached hydrogens (tertiary/aromatic N) is 2. The zero-order valence-corrected chi connectivity index (χ0v) is 17.4. The molecule has 0 saturated heterocycles. The molecule has 0 bridgehead atoms. The normalized spacial score (nSPS) is 15.8. The van der Waals surface area contributed by atoms with E-state index >= 15 is 0 Å². The Kier molecular flexibility index (Phi) is 5.24. The maximum atomic E-state index is 13.0. The molecule has 31 heavy (non-hydrogen) atoms. The van der Waals surface area contributed by atoms with E-state index in [1.807, 2.05) is 53.4 Å². The van der Waals surface area contributed by atoms with Crippen molar-refractivity contribution in [3.8, 4) is 0 Å². The zero-order valence-electron chi connectivity index (χ0n) is 17.4. The van der Waals surface area contributed by atoms with Crippen LogP contribution in [0.5, 0.6) is 0 Å². The zero-order chi connectivity index (χ0) is 21.2. The van der Waals surface area contributed by atoms with Crippen LogP contribution in [0.1, 0.15) is 64.8 Å². The van der Waals surface area contributed by atoms with Crippen molar-refractivity contribution in [1.82, 2.24) is 5.43 Å². The van der Waals surface area contributed by atoms with Gasteiger partial charge in [0.25, 0.3) is 11.8 Å². The highest BCUT2D eigenvalue weighted by Crippen LogP contribution is 2.37. The van der Waals surface area contributed by atoms with Crippen molar-refractivity contribution < 1.29 is 9.59 Å². The summed E-state index contributed by atoms with van der Waals surface area (Å²) in [5.41, 5.74) is 7.03. The first-order chi connectivity index (χ1) is 15.2. The van der Waals surface area contributed by atoms with Gasteiger partial charge >= 0.3 is 0 Å². The van der Waals surface area contributed by atoms with Crippen molar-refractivity contribution in [2.45, 2.75) is 45.1 Å². The number of amides is 2. The second-order valence-corrected chi connectivity index (χ2v) is 8.30. The number of hydrogen-bond acceptors (Lipinski definition) is 3. The van der Waals surface area contributed by atoms with E-state index in [1.54, 1.807) is 12.1 Å². The SMILES string of the molecule is O=C(NN=C1CCCCCC1)c1ccc(CN2C(=O)c3cccc4cccc2c34)cc1. The standard InChI is InChI=1S/C26H25N3O2/c30-25(28-27-21-9-3-1-2-4-10-21)20-15-13-18(14-16-20)17-29-23-12-6-8-19-7-5-11-22(24(19)23)26(29)31/h5-8,11-16H,1-4,9-10,17H2,(H,28,30). The first kappa shape index (κ1) is 19.5. The van der Waals surface area contributed by atoms with Crippen LogP contribution in [0.25, 0.3) is 10.8 Å². The minimum Gasteiger partial charge on any atom is -0.303 e. The molecule has 1 aliphatic carbocycles. The fraction of sp³-hybridized carbons (Fsp3) is 0.269.